The van der Waals surface area contributed by atoms with Gasteiger partial charge in [-0.2, -0.15) is 17.6 Å². The molecule has 158 valence electrons. The van der Waals surface area contributed by atoms with E-state index in [9.17, 15) is 22.4 Å². The van der Waals surface area contributed by atoms with Gasteiger partial charge in [-0.05, 0) is 54.1 Å². The zero-order valence-corrected chi connectivity index (χ0v) is 16.6. The van der Waals surface area contributed by atoms with Gasteiger partial charge in [0.15, 0.2) is 5.78 Å². The number of hydrogen-bond acceptors (Lipinski definition) is 4. The van der Waals surface area contributed by atoms with Crippen LogP contribution in [-0.2, 0) is 0 Å². The van der Waals surface area contributed by atoms with E-state index in [1.807, 2.05) is 30.3 Å². The summed E-state index contributed by atoms with van der Waals surface area (Å²) in [7, 11) is 0. The fourth-order valence-electron chi connectivity index (χ4n) is 2.94. The highest BCUT2D eigenvalue weighted by Crippen LogP contribution is 2.44. The third-order valence-corrected chi connectivity index (χ3v) is 5.59. The van der Waals surface area contributed by atoms with Crippen molar-refractivity contribution in [3.63, 3.8) is 0 Å². The minimum absolute atomic E-state index is 0.294. The number of allylic oxidation sites excluding steroid dienone is 1. The maximum atomic E-state index is 13.1. The summed E-state index contributed by atoms with van der Waals surface area (Å²) in [6, 6.07) is 18.3. The van der Waals surface area contributed by atoms with Crippen molar-refractivity contribution in [2.75, 3.05) is 5.32 Å². The Kier molecular flexibility index (Phi) is 5.73. The molecule has 0 radical (unpaired) electrons. The molecule has 0 fully saturated rings. The number of carbonyl (C=O) groups excluding carboxylic acids is 1. The van der Waals surface area contributed by atoms with Gasteiger partial charge in [-0.1, -0.05) is 42.1 Å². The lowest BCUT2D eigenvalue weighted by Gasteiger charge is -2.20. The number of rotatable bonds is 6. The molecule has 0 aromatic heterocycles. The first-order chi connectivity index (χ1) is 14.8. The molecule has 1 N–H and O–H groups in total. The van der Waals surface area contributed by atoms with Crippen molar-refractivity contribution in [3.05, 3.63) is 83.9 Å². The van der Waals surface area contributed by atoms with Crippen molar-refractivity contribution < 1.29 is 27.1 Å². The smallest absolute Gasteiger partial charge is 0.428 e. The van der Waals surface area contributed by atoms with Crippen molar-refractivity contribution in [1.29, 1.82) is 0 Å². The topological polar surface area (TPSA) is 38.3 Å². The van der Waals surface area contributed by atoms with Crippen LogP contribution in [0.2, 0.25) is 0 Å². The van der Waals surface area contributed by atoms with Gasteiger partial charge in [0.2, 0.25) is 0 Å². The van der Waals surface area contributed by atoms with E-state index in [2.05, 4.69) is 10.1 Å². The van der Waals surface area contributed by atoms with Gasteiger partial charge in [0, 0.05) is 15.4 Å². The average molecular weight is 445 g/mol. The van der Waals surface area contributed by atoms with Crippen LogP contribution in [0.1, 0.15) is 15.9 Å². The van der Waals surface area contributed by atoms with Crippen LogP contribution < -0.4 is 10.1 Å². The van der Waals surface area contributed by atoms with E-state index in [4.69, 9.17) is 0 Å². The molecule has 0 aliphatic carbocycles. The number of para-hydroxylation sites is 1. The van der Waals surface area contributed by atoms with E-state index in [-0.39, 0.29) is 5.78 Å². The number of benzene rings is 3. The van der Waals surface area contributed by atoms with Crippen LogP contribution in [0.3, 0.4) is 0 Å². The Labute approximate surface area is 179 Å². The number of nitrogens with one attached hydrogen (secondary N) is 1. The molecule has 0 unspecified atom stereocenters. The van der Waals surface area contributed by atoms with Gasteiger partial charge < -0.3 is 10.1 Å². The molecule has 0 amide bonds. The lowest BCUT2D eigenvalue weighted by molar-refractivity contribution is -0.253. The summed E-state index contributed by atoms with van der Waals surface area (Å²) in [5.41, 5.74) is 2.57. The van der Waals surface area contributed by atoms with Crippen LogP contribution in [0.25, 0.3) is 6.08 Å². The molecule has 1 aliphatic rings. The predicted octanol–water partition coefficient (Wildman–Crippen LogP) is 7.03. The Balaban J connectivity index is 1.49. The Hall–Kier alpha value is -3.26. The second-order valence-corrected chi connectivity index (χ2v) is 7.75. The molecule has 0 saturated carbocycles. The highest BCUT2D eigenvalue weighted by Gasteiger charge is 2.43. The predicted molar refractivity (Wildman–Crippen MR) is 112 cm³/mol. The normalized spacial score (nSPS) is 12.9. The number of ether oxygens (including phenoxy) is 1. The van der Waals surface area contributed by atoms with Gasteiger partial charge in [-0.25, -0.2) is 0 Å². The number of carbonyl (C=O) groups is 1. The minimum Gasteiger partial charge on any atom is -0.428 e. The Morgan fingerprint density at radius 2 is 1.74 bits per heavy atom. The van der Waals surface area contributed by atoms with E-state index >= 15 is 0 Å². The first-order valence-corrected chi connectivity index (χ1v) is 9.99. The summed E-state index contributed by atoms with van der Waals surface area (Å²) in [5.74, 6) is -0.716. The molecular weight excluding hydrogens is 430 g/mol. The van der Waals surface area contributed by atoms with E-state index < -0.39 is 18.3 Å². The summed E-state index contributed by atoms with van der Waals surface area (Å²) in [4.78, 5) is 14.7. The van der Waals surface area contributed by atoms with Gasteiger partial charge in [-0.15, -0.1) is 0 Å². The fraction of sp³-hybridized carbons (Fsp3) is 0.0870. The van der Waals surface area contributed by atoms with E-state index in [1.165, 1.54) is 18.2 Å². The van der Waals surface area contributed by atoms with Gasteiger partial charge in [-0.3, -0.25) is 4.79 Å². The van der Waals surface area contributed by atoms with E-state index in [0.717, 1.165) is 33.3 Å². The molecule has 3 aromatic carbocycles. The van der Waals surface area contributed by atoms with E-state index in [1.54, 1.807) is 30.0 Å². The van der Waals surface area contributed by atoms with Crippen molar-refractivity contribution in [3.8, 4) is 5.75 Å². The highest BCUT2D eigenvalue weighted by molar-refractivity contribution is 7.99. The number of ketones is 1. The SMILES string of the molecule is O=C(/C=C/c1cccc(OC(F)(F)C(F)F)c1)c1ccc2c(c1)Nc1ccccc1S2. The molecule has 0 saturated heterocycles. The third kappa shape index (κ3) is 4.74. The highest BCUT2D eigenvalue weighted by atomic mass is 32.2. The first kappa shape index (κ1) is 21.0. The van der Waals surface area contributed by atoms with Crippen molar-refractivity contribution in [2.24, 2.45) is 0 Å². The molecule has 0 bridgehead atoms. The van der Waals surface area contributed by atoms with Crippen LogP contribution in [0, 0.1) is 0 Å². The maximum absolute atomic E-state index is 13.1. The Bertz CT molecular complexity index is 1160. The monoisotopic (exact) mass is 445 g/mol. The second-order valence-electron chi connectivity index (χ2n) is 6.67. The summed E-state index contributed by atoms with van der Waals surface area (Å²) in [6.07, 6.45) is -5.84. The first-order valence-electron chi connectivity index (χ1n) is 9.17. The maximum Gasteiger partial charge on any atom is 0.461 e. The molecule has 0 atom stereocenters. The van der Waals surface area contributed by atoms with Crippen LogP contribution in [0.15, 0.2) is 82.6 Å². The van der Waals surface area contributed by atoms with Crippen molar-refractivity contribution in [2.45, 2.75) is 22.3 Å². The van der Waals surface area contributed by atoms with Gasteiger partial charge in [0.1, 0.15) is 5.75 Å². The lowest BCUT2D eigenvalue weighted by atomic mass is 10.1. The zero-order chi connectivity index (χ0) is 22.0. The van der Waals surface area contributed by atoms with Crippen molar-refractivity contribution >= 4 is 35.0 Å². The second kappa shape index (κ2) is 8.47. The Morgan fingerprint density at radius 3 is 2.55 bits per heavy atom. The van der Waals surface area contributed by atoms with Gasteiger partial charge >= 0.3 is 12.5 Å². The molecule has 1 aliphatic heterocycles. The van der Waals surface area contributed by atoms with E-state index in [0.29, 0.717) is 11.1 Å². The average Bonchev–Trinajstić information content (AvgIpc) is 2.75. The zero-order valence-electron chi connectivity index (χ0n) is 15.8. The molecule has 4 rings (SSSR count). The van der Waals surface area contributed by atoms with Crippen LogP contribution in [0.4, 0.5) is 28.9 Å². The largest absolute Gasteiger partial charge is 0.461 e. The number of halogens is 4. The lowest BCUT2D eigenvalue weighted by Crippen LogP contribution is -2.33. The molecule has 31 heavy (non-hydrogen) atoms. The standard InChI is InChI=1S/C23H15F4NO2S/c24-22(25)23(26,27)30-16-5-3-4-14(12-16)8-10-19(29)15-9-11-21-18(13-15)28-17-6-1-2-7-20(17)31-21/h1-13,22,28H/b10-8+. The van der Waals surface area contributed by atoms with Crippen LogP contribution in [-0.4, -0.2) is 18.3 Å². The number of anilines is 2. The van der Waals surface area contributed by atoms with Crippen LogP contribution in [0.5, 0.6) is 5.75 Å². The summed E-state index contributed by atoms with van der Waals surface area (Å²) < 4.78 is 54.8. The molecule has 3 aromatic rings. The minimum atomic E-state index is -4.59. The quantitative estimate of drug-likeness (QED) is 0.196. The molecule has 0 spiro atoms. The van der Waals surface area contributed by atoms with Gasteiger partial charge in [0.25, 0.3) is 0 Å². The number of fused-ring (bicyclic) bond motifs is 2. The third-order valence-electron chi connectivity index (χ3n) is 4.43. The summed E-state index contributed by atoms with van der Waals surface area (Å²) in [5, 5.41) is 3.30. The molecule has 1 heterocycles. The van der Waals surface area contributed by atoms with Crippen LogP contribution >= 0.6 is 11.8 Å². The molecule has 8 heteroatoms. The van der Waals surface area contributed by atoms with Crippen molar-refractivity contribution in [1.82, 2.24) is 0 Å². The number of hydrogen-bond donors (Lipinski definition) is 1. The van der Waals surface area contributed by atoms with Gasteiger partial charge in [0.05, 0.1) is 11.4 Å². The molecule has 3 nitrogen and oxygen atoms in total. The fourth-order valence-corrected chi connectivity index (χ4v) is 3.91. The summed E-state index contributed by atoms with van der Waals surface area (Å²) >= 11 is 1.60. The summed E-state index contributed by atoms with van der Waals surface area (Å²) in [6.45, 7) is 0. The molecular formula is C23H15F4NO2S. The number of alkyl halides is 4. The Morgan fingerprint density at radius 1 is 0.968 bits per heavy atom.